The van der Waals surface area contributed by atoms with Crippen LogP contribution in [0.3, 0.4) is 0 Å². The van der Waals surface area contributed by atoms with Crippen LogP contribution in [0, 0.1) is 5.92 Å². The molecule has 2 rings (SSSR count). The molecule has 0 saturated heterocycles. The van der Waals surface area contributed by atoms with E-state index in [-0.39, 0.29) is 0 Å². The van der Waals surface area contributed by atoms with E-state index in [1.165, 1.54) is 11.1 Å². The summed E-state index contributed by atoms with van der Waals surface area (Å²) in [6.45, 7) is 4.05. The Labute approximate surface area is 73.2 Å². The van der Waals surface area contributed by atoms with Gasteiger partial charge in [0.15, 0.2) is 0 Å². The number of carbonyl (C=O) groups is 1. The van der Waals surface area contributed by atoms with Gasteiger partial charge in [-0.15, -0.1) is 0 Å². The molecule has 0 heterocycles. The molecule has 0 aromatic heterocycles. The largest absolute Gasteiger partial charge is 0.299 e. The van der Waals surface area contributed by atoms with Gasteiger partial charge >= 0.3 is 0 Å². The van der Waals surface area contributed by atoms with Gasteiger partial charge in [-0.3, -0.25) is 4.79 Å². The maximum absolute atomic E-state index is 11.1. The van der Waals surface area contributed by atoms with Crippen molar-refractivity contribution in [3.05, 3.63) is 23.8 Å². The molecule has 0 amide bonds. The van der Waals surface area contributed by atoms with Crippen LogP contribution in [-0.4, -0.2) is 5.78 Å². The Morgan fingerprint density at radius 1 is 1.33 bits per heavy atom. The number of ketones is 1. The molecule has 1 saturated carbocycles. The van der Waals surface area contributed by atoms with Crippen molar-refractivity contribution in [3.63, 3.8) is 0 Å². The first kappa shape index (κ1) is 7.78. The number of fused-ring (bicyclic) bond motifs is 1. The van der Waals surface area contributed by atoms with Gasteiger partial charge < -0.3 is 0 Å². The lowest BCUT2D eigenvalue weighted by molar-refractivity contribution is -0.118. The fourth-order valence-electron chi connectivity index (χ4n) is 2.20. The Morgan fingerprint density at radius 2 is 2.17 bits per heavy atom. The van der Waals surface area contributed by atoms with Gasteiger partial charge in [0.2, 0.25) is 0 Å². The zero-order valence-corrected chi connectivity index (χ0v) is 7.31. The van der Waals surface area contributed by atoms with E-state index in [1.54, 1.807) is 0 Å². The monoisotopic (exact) mass is 162 g/mol. The lowest BCUT2D eigenvalue weighted by Gasteiger charge is -2.09. The van der Waals surface area contributed by atoms with Gasteiger partial charge in [0.05, 0.1) is 0 Å². The van der Waals surface area contributed by atoms with Gasteiger partial charge in [0.1, 0.15) is 5.78 Å². The average Bonchev–Trinajstić information content (AvgIpc) is 2.28. The molecule has 0 aromatic rings. The molecule has 64 valence electrons. The van der Waals surface area contributed by atoms with Crippen molar-refractivity contribution in [2.75, 3.05) is 0 Å². The van der Waals surface area contributed by atoms with Crippen LogP contribution < -0.4 is 0 Å². The second-order valence-corrected chi connectivity index (χ2v) is 3.77. The Kier molecular flexibility index (Phi) is 1.87. The molecule has 12 heavy (non-hydrogen) atoms. The summed E-state index contributed by atoms with van der Waals surface area (Å²) in [6.07, 6.45) is 6.87. The quantitative estimate of drug-likeness (QED) is 0.500. The lowest BCUT2D eigenvalue weighted by Crippen LogP contribution is -1.99. The van der Waals surface area contributed by atoms with Crippen LogP contribution in [0.25, 0.3) is 0 Å². The van der Waals surface area contributed by atoms with E-state index in [0.29, 0.717) is 18.1 Å². The smallest absolute Gasteiger partial charge is 0.136 e. The summed E-state index contributed by atoms with van der Waals surface area (Å²) in [4.78, 5) is 11.1. The van der Waals surface area contributed by atoms with Crippen molar-refractivity contribution < 1.29 is 4.79 Å². The Bertz CT molecular complexity index is 260. The zero-order valence-electron chi connectivity index (χ0n) is 7.31. The molecular weight excluding hydrogens is 148 g/mol. The van der Waals surface area contributed by atoms with Gasteiger partial charge in [-0.1, -0.05) is 23.8 Å². The highest BCUT2D eigenvalue weighted by molar-refractivity contribution is 5.80. The molecule has 1 nitrogen and oxygen atoms in total. The summed E-state index contributed by atoms with van der Waals surface area (Å²) >= 11 is 0. The first-order chi connectivity index (χ1) is 5.77. The van der Waals surface area contributed by atoms with Crippen LogP contribution in [0.1, 0.15) is 32.1 Å². The molecule has 0 radical (unpaired) electrons. The predicted molar refractivity (Wildman–Crippen MR) is 48.8 cm³/mol. The van der Waals surface area contributed by atoms with Crippen molar-refractivity contribution in [3.8, 4) is 0 Å². The normalized spacial score (nSPS) is 29.7. The number of allylic oxidation sites excluding steroid dienone is 3. The van der Waals surface area contributed by atoms with E-state index in [0.717, 1.165) is 25.7 Å². The van der Waals surface area contributed by atoms with E-state index >= 15 is 0 Å². The molecule has 2 aliphatic rings. The van der Waals surface area contributed by atoms with E-state index in [4.69, 9.17) is 0 Å². The summed E-state index contributed by atoms with van der Waals surface area (Å²) in [5, 5.41) is 0. The lowest BCUT2D eigenvalue weighted by atomic mass is 9.96. The summed E-state index contributed by atoms with van der Waals surface area (Å²) < 4.78 is 0. The highest BCUT2D eigenvalue weighted by atomic mass is 16.1. The van der Waals surface area contributed by atoms with Crippen molar-refractivity contribution in [1.82, 2.24) is 0 Å². The summed E-state index contributed by atoms with van der Waals surface area (Å²) in [5.74, 6) is 0.946. The van der Waals surface area contributed by atoms with Gasteiger partial charge in [0, 0.05) is 18.8 Å². The van der Waals surface area contributed by atoms with Crippen LogP contribution in [0.5, 0.6) is 0 Å². The Hall–Kier alpha value is -0.850. The number of carbonyl (C=O) groups excluding carboxylic acids is 1. The third kappa shape index (κ3) is 1.24. The molecule has 0 aliphatic heterocycles. The minimum Gasteiger partial charge on any atom is -0.299 e. The fraction of sp³-hybridized carbons (Fsp3) is 0.545. The third-order valence-corrected chi connectivity index (χ3v) is 2.98. The van der Waals surface area contributed by atoms with Crippen molar-refractivity contribution >= 4 is 5.78 Å². The second kappa shape index (κ2) is 2.89. The molecule has 1 atom stereocenters. The van der Waals surface area contributed by atoms with E-state index in [1.807, 2.05) is 0 Å². The maximum atomic E-state index is 11.1. The first-order valence-electron chi connectivity index (χ1n) is 4.65. The van der Waals surface area contributed by atoms with Gasteiger partial charge in [-0.25, -0.2) is 0 Å². The zero-order chi connectivity index (χ0) is 8.55. The van der Waals surface area contributed by atoms with Crippen molar-refractivity contribution in [2.45, 2.75) is 32.1 Å². The van der Waals surface area contributed by atoms with Gasteiger partial charge in [-0.2, -0.15) is 0 Å². The van der Waals surface area contributed by atoms with E-state index in [2.05, 4.69) is 12.7 Å². The minimum atomic E-state index is 0.393. The number of Topliss-reactive ketones (excluding diaryl/α,β-unsaturated/α-hetero) is 1. The van der Waals surface area contributed by atoms with Crippen LogP contribution in [0.15, 0.2) is 23.8 Å². The molecule has 0 aromatic carbocycles. The molecule has 0 unspecified atom stereocenters. The number of hydrogen-bond acceptors (Lipinski definition) is 1. The summed E-state index contributed by atoms with van der Waals surface area (Å²) in [5.41, 5.74) is 2.82. The molecule has 1 fully saturated rings. The minimum absolute atomic E-state index is 0.393. The number of rotatable bonds is 0. The Balaban J connectivity index is 2.22. The average molecular weight is 162 g/mol. The van der Waals surface area contributed by atoms with Crippen LogP contribution in [0.4, 0.5) is 0 Å². The topological polar surface area (TPSA) is 17.1 Å². The molecule has 2 aliphatic carbocycles. The molecule has 0 spiro atoms. The van der Waals surface area contributed by atoms with Crippen LogP contribution in [0.2, 0.25) is 0 Å². The molecular formula is C11H14O. The summed E-state index contributed by atoms with van der Waals surface area (Å²) in [6, 6.07) is 0. The SMILES string of the molecule is C=C1CCC2=CCC(=O)CC[C@H]12. The molecule has 0 bridgehead atoms. The summed E-state index contributed by atoms with van der Waals surface area (Å²) in [7, 11) is 0. The second-order valence-electron chi connectivity index (χ2n) is 3.77. The molecule has 1 heteroatoms. The van der Waals surface area contributed by atoms with E-state index in [9.17, 15) is 4.79 Å². The van der Waals surface area contributed by atoms with Crippen molar-refractivity contribution in [1.29, 1.82) is 0 Å². The first-order valence-corrected chi connectivity index (χ1v) is 4.65. The highest BCUT2D eigenvalue weighted by Gasteiger charge is 2.26. The highest BCUT2D eigenvalue weighted by Crippen LogP contribution is 2.39. The van der Waals surface area contributed by atoms with Crippen molar-refractivity contribution in [2.24, 2.45) is 5.92 Å². The predicted octanol–water partition coefficient (Wildman–Crippen LogP) is 2.63. The number of hydrogen-bond donors (Lipinski definition) is 0. The fourth-order valence-corrected chi connectivity index (χ4v) is 2.20. The molecule has 0 N–H and O–H groups in total. The van der Waals surface area contributed by atoms with Crippen LogP contribution >= 0.6 is 0 Å². The van der Waals surface area contributed by atoms with E-state index < -0.39 is 0 Å². The Morgan fingerprint density at radius 3 is 3.00 bits per heavy atom. The van der Waals surface area contributed by atoms with Crippen LogP contribution in [-0.2, 0) is 4.79 Å². The standard InChI is InChI=1S/C11H14O/c1-8-2-3-9-4-5-10(12)6-7-11(8)9/h4,11H,1-3,5-7H2/t11-/m1/s1. The van der Waals surface area contributed by atoms with Gasteiger partial charge in [0.25, 0.3) is 0 Å². The third-order valence-electron chi connectivity index (χ3n) is 2.98. The van der Waals surface area contributed by atoms with Gasteiger partial charge in [-0.05, 0) is 19.3 Å². The maximum Gasteiger partial charge on any atom is 0.136 e.